The van der Waals surface area contributed by atoms with Crippen molar-refractivity contribution in [3.63, 3.8) is 0 Å². The normalized spacial score (nSPS) is 22.3. The molecule has 0 saturated carbocycles. The maximum Gasteiger partial charge on any atom is 0.0686 e. The van der Waals surface area contributed by atoms with Gasteiger partial charge in [0.1, 0.15) is 0 Å². The molecule has 0 bridgehead atoms. The molecule has 5 heteroatoms. The first-order chi connectivity index (χ1) is 7.65. The topological polar surface area (TPSA) is 28.2 Å². The highest BCUT2D eigenvalue weighted by molar-refractivity contribution is 9.11. The van der Waals surface area contributed by atoms with E-state index in [-0.39, 0.29) is 0 Å². The second-order valence-corrected chi connectivity index (χ2v) is 5.94. The van der Waals surface area contributed by atoms with Crippen molar-refractivity contribution >= 4 is 31.9 Å². The summed E-state index contributed by atoms with van der Waals surface area (Å²) in [6, 6.07) is 2.62. The SMILES string of the molecule is C[C@H]1CN(Cc2ncc(Br)cc2Br)CCN1. The predicted molar refractivity (Wildman–Crippen MR) is 72.4 cm³/mol. The van der Waals surface area contributed by atoms with Crippen molar-refractivity contribution in [1.29, 1.82) is 0 Å². The Morgan fingerprint density at radius 2 is 2.38 bits per heavy atom. The Morgan fingerprint density at radius 1 is 1.56 bits per heavy atom. The van der Waals surface area contributed by atoms with E-state index in [1.807, 2.05) is 12.3 Å². The van der Waals surface area contributed by atoms with Crippen molar-refractivity contribution in [3.05, 3.63) is 26.9 Å². The molecule has 1 aromatic heterocycles. The van der Waals surface area contributed by atoms with Crippen LogP contribution in [0.5, 0.6) is 0 Å². The van der Waals surface area contributed by atoms with E-state index in [0.717, 1.165) is 40.8 Å². The summed E-state index contributed by atoms with van der Waals surface area (Å²) in [6.07, 6.45) is 1.85. The van der Waals surface area contributed by atoms with Gasteiger partial charge < -0.3 is 5.32 Å². The van der Waals surface area contributed by atoms with Crippen molar-refractivity contribution in [3.8, 4) is 0 Å². The van der Waals surface area contributed by atoms with Crippen LogP contribution in [0.2, 0.25) is 0 Å². The van der Waals surface area contributed by atoms with Gasteiger partial charge in [0.15, 0.2) is 0 Å². The Morgan fingerprint density at radius 3 is 3.06 bits per heavy atom. The summed E-state index contributed by atoms with van der Waals surface area (Å²) in [5, 5.41) is 3.44. The van der Waals surface area contributed by atoms with E-state index in [4.69, 9.17) is 0 Å². The molecule has 3 nitrogen and oxygen atoms in total. The average Bonchev–Trinajstić information content (AvgIpc) is 2.22. The number of rotatable bonds is 2. The monoisotopic (exact) mass is 347 g/mol. The summed E-state index contributed by atoms with van der Waals surface area (Å²) in [6.45, 7) is 6.38. The second kappa shape index (κ2) is 5.58. The number of hydrogen-bond donors (Lipinski definition) is 1. The van der Waals surface area contributed by atoms with Gasteiger partial charge in [0.2, 0.25) is 0 Å². The summed E-state index contributed by atoms with van der Waals surface area (Å²) in [5.41, 5.74) is 1.11. The zero-order valence-electron chi connectivity index (χ0n) is 9.21. The Balaban J connectivity index is 2.02. The van der Waals surface area contributed by atoms with Gasteiger partial charge in [-0.05, 0) is 44.8 Å². The van der Waals surface area contributed by atoms with Crippen molar-refractivity contribution in [2.24, 2.45) is 0 Å². The van der Waals surface area contributed by atoms with Gasteiger partial charge in [0, 0.05) is 47.4 Å². The summed E-state index contributed by atoms with van der Waals surface area (Å²) >= 11 is 6.97. The van der Waals surface area contributed by atoms with Crippen LogP contribution in [0.4, 0.5) is 0 Å². The van der Waals surface area contributed by atoms with E-state index in [1.165, 1.54) is 0 Å². The molecule has 2 heterocycles. The molecule has 0 unspecified atom stereocenters. The van der Waals surface area contributed by atoms with E-state index in [9.17, 15) is 0 Å². The second-order valence-electron chi connectivity index (χ2n) is 4.17. The summed E-state index contributed by atoms with van der Waals surface area (Å²) in [4.78, 5) is 6.87. The molecule has 0 spiro atoms. The largest absolute Gasteiger partial charge is 0.312 e. The maximum atomic E-state index is 4.44. The lowest BCUT2D eigenvalue weighted by Gasteiger charge is -2.31. The number of hydrogen-bond acceptors (Lipinski definition) is 3. The minimum Gasteiger partial charge on any atom is -0.312 e. The molecule has 1 saturated heterocycles. The van der Waals surface area contributed by atoms with Crippen LogP contribution in [-0.4, -0.2) is 35.6 Å². The molecule has 1 aromatic rings. The number of pyridine rings is 1. The summed E-state index contributed by atoms with van der Waals surface area (Å²) in [5.74, 6) is 0. The first-order valence-electron chi connectivity index (χ1n) is 5.41. The number of nitrogens with one attached hydrogen (secondary N) is 1. The van der Waals surface area contributed by atoms with E-state index >= 15 is 0 Å². The van der Waals surface area contributed by atoms with Crippen LogP contribution in [-0.2, 0) is 6.54 Å². The van der Waals surface area contributed by atoms with Gasteiger partial charge in [0.25, 0.3) is 0 Å². The fourth-order valence-electron chi connectivity index (χ4n) is 1.93. The van der Waals surface area contributed by atoms with E-state index in [0.29, 0.717) is 6.04 Å². The van der Waals surface area contributed by atoms with Gasteiger partial charge in [-0.2, -0.15) is 0 Å². The van der Waals surface area contributed by atoms with Gasteiger partial charge in [-0.15, -0.1) is 0 Å². The predicted octanol–water partition coefficient (Wildman–Crippen LogP) is 2.40. The van der Waals surface area contributed by atoms with Crippen molar-refractivity contribution in [1.82, 2.24) is 15.2 Å². The molecule has 2 rings (SSSR count). The molecule has 88 valence electrons. The van der Waals surface area contributed by atoms with Crippen molar-refractivity contribution in [2.45, 2.75) is 19.5 Å². The van der Waals surface area contributed by atoms with Crippen LogP contribution < -0.4 is 5.32 Å². The van der Waals surface area contributed by atoms with Crippen LogP contribution in [0.3, 0.4) is 0 Å². The van der Waals surface area contributed by atoms with Gasteiger partial charge in [-0.1, -0.05) is 0 Å². The zero-order valence-corrected chi connectivity index (χ0v) is 12.4. The Kier molecular flexibility index (Phi) is 4.35. The van der Waals surface area contributed by atoms with E-state index in [1.54, 1.807) is 0 Å². The van der Waals surface area contributed by atoms with Crippen LogP contribution in [0, 0.1) is 0 Å². The molecule has 1 atom stereocenters. The fourth-order valence-corrected chi connectivity index (χ4v) is 3.04. The van der Waals surface area contributed by atoms with E-state index in [2.05, 4.69) is 54.0 Å². The summed E-state index contributed by atoms with van der Waals surface area (Å²) in [7, 11) is 0. The van der Waals surface area contributed by atoms with Crippen molar-refractivity contribution < 1.29 is 0 Å². The molecule has 16 heavy (non-hydrogen) atoms. The Hall–Kier alpha value is 0.0300. The highest BCUT2D eigenvalue weighted by atomic mass is 79.9. The lowest BCUT2D eigenvalue weighted by atomic mass is 10.2. The standard InChI is InChI=1S/C11H15Br2N3/c1-8-6-16(3-2-14-8)7-11-10(13)4-9(12)5-15-11/h4-5,8,14H,2-3,6-7H2,1H3/t8-/m0/s1. The molecule has 0 aromatic carbocycles. The summed E-state index contributed by atoms with van der Waals surface area (Å²) < 4.78 is 2.09. The highest BCUT2D eigenvalue weighted by Crippen LogP contribution is 2.21. The number of nitrogens with zero attached hydrogens (tertiary/aromatic N) is 2. The average molecular weight is 349 g/mol. The highest BCUT2D eigenvalue weighted by Gasteiger charge is 2.16. The number of piperazine rings is 1. The molecule has 1 N–H and O–H groups in total. The maximum absolute atomic E-state index is 4.44. The Labute approximate surface area is 113 Å². The smallest absolute Gasteiger partial charge is 0.0686 e. The van der Waals surface area contributed by atoms with Gasteiger partial charge in [0.05, 0.1) is 5.69 Å². The lowest BCUT2D eigenvalue weighted by molar-refractivity contribution is 0.197. The minimum atomic E-state index is 0.572. The zero-order chi connectivity index (χ0) is 11.5. The molecule has 0 amide bonds. The third-order valence-electron chi connectivity index (χ3n) is 2.71. The van der Waals surface area contributed by atoms with E-state index < -0.39 is 0 Å². The van der Waals surface area contributed by atoms with Crippen molar-refractivity contribution in [2.75, 3.05) is 19.6 Å². The number of halogens is 2. The molecular formula is C11H15Br2N3. The first kappa shape index (κ1) is 12.5. The van der Waals surface area contributed by atoms with Gasteiger partial charge in [-0.25, -0.2) is 0 Å². The minimum absolute atomic E-state index is 0.572. The van der Waals surface area contributed by atoms with Crippen LogP contribution in [0.1, 0.15) is 12.6 Å². The third kappa shape index (κ3) is 3.26. The van der Waals surface area contributed by atoms with Crippen LogP contribution in [0.25, 0.3) is 0 Å². The molecule has 1 aliphatic heterocycles. The van der Waals surface area contributed by atoms with Gasteiger partial charge in [-0.3, -0.25) is 9.88 Å². The quantitative estimate of drug-likeness (QED) is 0.889. The molecule has 0 aliphatic carbocycles. The van der Waals surface area contributed by atoms with Crippen LogP contribution in [0.15, 0.2) is 21.2 Å². The Bertz CT molecular complexity index is 370. The number of aromatic nitrogens is 1. The molecule has 1 fully saturated rings. The fraction of sp³-hybridized carbons (Fsp3) is 0.545. The van der Waals surface area contributed by atoms with Gasteiger partial charge >= 0.3 is 0 Å². The lowest BCUT2D eigenvalue weighted by Crippen LogP contribution is -2.48. The third-order valence-corrected chi connectivity index (χ3v) is 3.83. The van der Waals surface area contributed by atoms with Crippen LogP contribution >= 0.6 is 31.9 Å². The first-order valence-corrected chi connectivity index (χ1v) is 6.99. The molecule has 1 aliphatic rings. The molecular weight excluding hydrogens is 334 g/mol. The molecule has 0 radical (unpaired) electrons.